The molecule has 0 saturated carbocycles. The number of rotatable bonds is 3. The molecule has 1 fully saturated rings. The Morgan fingerprint density at radius 2 is 2.15 bits per heavy atom. The molecule has 0 aromatic heterocycles. The van der Waals surface area contributed by atoms with Crippen LogP contribution in [0.1, 0.15) is 6.42 Å². The number of hydrogen-bond donors (Lipinski definition) is 5. The van der Waals surface area contributed by atoms with Crippen molar-refractivity contribution >= 4 is 46.4 Å². The van der Waals surface area contributed by atoms with Gasteiger partial charge in [-0.2, -0.15) is 5.10 Å². The van der Waals surface area contributed by atoms with Gasteiger partial charge >= 0.3 is 6.03 Å². The highest BCUT2D eigenvalue weighted by molar-refractivity contribution is 14.1. The molecule has 2 atom stereocenters. The summed E-state index contributed by atoms with van der Waals surface area (Å²) in [5.74, 6) is 1.10. The number of para-hydroxylation sites is 1. The Balaban J connectivity index is 1.70. The monoisotopic (exact) mass is 482 g/mol. The van der Waals surface area contributed by atoms with E-state index in [1.165, 1.54) is 0 Å². The summed E-state index contributed by atoms with van der Waals surface area (Å²) < 4.78 is -0.800. The Morgan fingerprint density at radius 3 is 2.85 bits per heavy atom. The Kier molecular flexibility index (Phi) is 6.16. The number of nitrogens with zero attached hydrogens (tertiary/aromatic N) is 3. The zero-order chi connectivity index (χ0) is 19.3. The number of nitrogens with one attached hydrogen (secondary N) is 3. The number of benzene rings is 1. The summed E-state index contributed by atoms with van der Waals surface area (Å²) in [4.78, 5) is 14.5. The number of anilines is 1. The van der Waals surface area contributed by atoms with E-state index < -0.39 is 3.55 Å². The molecule has 9 nitrogen and oxygen atoms in total. The van der Waals surface area contributed by atoms with Crippen molar-refractivity contribution < 1.29 is 4.79 Å². The summed E-state index contributed by atoms with van der Waals surface area (Å²) in [6.07, 6.45) is 4.21. The van der Waals surface area contributed by atoms with E-state index in [1.54, 1.807) is 12.3 Å². The molecule has 1 unspecified atom stereocenters. The van der Waals surface area contributed by atoms with Crippen molar-refractivity contribution in [3.05, 3.63) is 42.2 Å². The number of carbonyl (C=O) groups is 1. The van der Waals surface area contributed by atoms with Crippen LogP contribution in [0, 0.1) is 0 Å². The summed E-state index contributed by atoms with van der Waals surface area (Å²) in [6, 6.07) is 9.02. The van der Waals surface area contributed by atoms with Gasteiger partial charge in [0.1, 0.15) is 15.2 Å². The molecule has 0 bridgehead atoms. The number of halogens is 1. The fourth-order valence-corrected chi connectivity index (χ4v) is 3.39. The average Bonchev–Trinajstić information content (AvgIpc) is 3.07. The minimum atomic E-state index is -0.800. The normalized spacial score (nSPS) is 26.6. The van der Waals surface area contributed by atoms with Crippen molar-refractivity contribution in [2.24, 2.45) is 21.7 Å². The van der Waals surface area contributed by atoms with E-state index in [9.17, 15) is 4.79 Å². The van der Waals surface area contributed by atoms with Gasteiger partial charge in [0.15, 0.2) is 0 Å². The van der Waals surface area contributed by atoms with Crippen LogP contribution in [0.15, 0.2) is 52.4 Å². The summed E-state index contributed by atoms with van der Waals surface area (Å²) in [5.41, 5.74) is 12.6. The number of nitrogens with two attached hydrogens (primary N) is 2. The number of carbonyl (C=O) groups excluding carboxylic acids is 1. The molecule has 1 aromatic rings. The molecule has 0 radical (unpaired) electrons. The first kappa shape index (κ1) is 19.4. The SMILES string of the molecule is NC1=N/N=C\C(I)(NC(=O)Nc2ccccc2)CNC(N2CC[C@H](N)C2)=C1. The maximum absolute atomic E-state index is 12.4. The second-order valence-corrected chi connectivity index (χ2v) is 8.38. The van der Waals surface area contributed by atoms with Gasteiger partial charge in [-0.15, -0.1) is 5.10 Å². The molecule has 10 heteroatoms. The minimum Gasteiger partial charge on any atom is -0.382 e. The Bertz CT molecular complexity index is 765. The van der Waals surface area contributed by atoms with E-state index >= 15 is 0 Å². The highest BCUT2D eigenvalue weighted by Gasteiger charge is 2.29. The van der Waals surface area contributed by atoms with E-state index in [0.717, 1.165) is 25.3 Å². The molecule has 0 aliphatic carbocycles. The van der Waals surface area contributed by atoms with Crippen LogP contribution in [0.25, 0.3) is 0 Å². The second kappa shape index (κ2) is 8.57. The van der Waals surface area contributed by atoms with E-state index in [2.05, 4.69) is 53.6 Å². The number of urea groups is 1. The first-order chi connectivity index (χ1) is 12.9. The summed E-state index contributed by atoms with van der Waals surface area (Å²) >= 11 is 2.13. The van der Waals surface area contributed by atoms with E-state index in [0.29, 0.717) is 12.2 Å². The Labute approximate surface area is 171 Å². The Hall–Kier alpha value is -2.34. The smallest absolute Gasteiger partial charge is 0.320 e. The van der Waals surface area contributed by atoms with Crippen molar-refractivity contribution in [2.75, 3.05) is 25.0 Å². The van der Waals surface area contributed by atoms with Crippen LogP contribution in [0.5, 0.6) is 0 Å². The van der Waals surface area contributed by atoms with Crippen molar-refractivity contribution in [1.82, 2.24) is 15.5 Å². The fraction of sp³-hybridized carbons (Fsp3) is 0.353. The molecule has 2 aliphatic heterocycles. The molecule has 27 heavy (non-hydrogen) atoms. The van der Waals surface area contributed by atoms with Crippen LogP contribution in [0.2, 0.25) is 0 Å². The number of amidine groups is 1. The third kappa shape index (κ3) is 5.57. The van der Waals surface area contributed by atoms with Gasteiger partial charge in [-0.25, -0.2) is 4.79 Å². The molecule has 2 amide bonds. The molecule has 3 rings (SSSR count). The predicted octanol–water partition coefficient (Wildman–Crippen LogP) is 0.760. The zero-order valence-electron chi connectivity index (χ0n) is 14.7. The van der Waals surface area contributed by atoms with Gasteiger partial charge in [0.2, 0.25) is 0 Å². The highest BCUT2D eigenvalue weighted by Crippen LogP contribution is 2.17. The predicted molar refractivity (Wildman–Crippen MR) is 116 cm³/mol. The molecule has 1 aromatic carbocycles. The van der Waals surface area contributed by atoms with Crippen LogP contribution in [0.4, 0.5) is 10.5 Å². The summed E-state index contributed by atoms with van der Waals surface area (Å²) in [7, 11) is 0. The zero-order valence-corrected chi connectivity index (χ0v) is 16.9. The summed E-state index contributed by atoms with van der Waals surface area (Å²) in [6.45, 7) is 1.98. The first-order valence-electron chi connectivity index (χ1n) is 8.60. The van der Waals surface area contributed by atoms with Crippen molar-refractivity contribution in [3.8, 4) is 0 Å². The molecule has 1 saturated heterocycles. The largest absolute Gasteiger partial charge is 0.382 e. The van der Waals surface area contributed by atoms with Crippen LogP contribution < -0.4 is 27.4 Å². The number of amides is 2. The first-order valence-corrected chi connectivity index (χ1v) is 9.68. The molecular weight excluding hydrogens is 459 g/mol. The number of likely N-dealkylation sites (tertiary alicyclic amines) is 1. The molecule has 7 N–H and O–H groups in total. The van der Waals surface area contributed by atoms with E-state index in [1.807, 2.05) is 30.3 Å². The van der Waals surface area contributed by atoms with Crippen LogP contribution in [-0.2, 0) is 0 Å². The average molecular weight is 482 g/mol. The van der Waals surface area contributed by atoms with Gasteiger partial charge in [-0.3, -0.25) is 0 Å². The quantitative estimate of drug-likeness (QED) is 0.247. The van der Waals surface area contributed by atoms with Gasteiger partial charge < -0.3 is 32.3 Å². The fourth-order valence-electron chi connectivity index (χ4n) is 2.83. The van der Waals surface area contributed by atoms with Gasteiger partial charge in [0.25, 0.3) is 0 Å². The van der Waals surface area contributed by atoms with Crippen LogP contribution in [-0.4, -0.2) is 52.2 Å². The van der Waals surface area contributed by atoms with E-state index in [4.69, 9.17) is 11.5 Å². The molecule has 2 aliphatic rings. The molecule has 2 heterocycles. The summed E-state index contributed by atoms with van der Waals surface area (Å²) in [5, 5.41) is 17.1. The topological polar surface area (TPSA) is 133 Å². The lowest BCUT2D eigenvalue weighted by Gasteiger charge is -2.29. The lowest BCUT2D eigenvalue weighted by Crippen LogP contribution is -2.53. The molecular formula is C17H23IN8O. The van der Waals surface area contributed by atoms with E-state index in [-0.39, 0.29) is 17.9 Å². The van der Waals surface area contributed by atoms with Gasteiger partial charge in [0.05, 0.1) is 12.8 Å². The number of alkyl halides is 1. The maximum Gasteiger partial charge on any atom is 0.320 e. The van der Waals surface area contributed by atoms with Crippen LogP contribution in [0.3, 0.4) is 0 Å². The lowest BCUT2D eigenvalue weighted by molar-refractivity contribution is 0.250. The maximum atomic E-state index is 12.4. The van der Waals surface area contributed by atoms with Gasteiger partial charge in [-0.1, -0.05) is 18.2 Å². The van der Waals surface area contributed by atoms with Crippen molar-refractivity contribution in [1.29, 1.82) is 0 Å². The minimum absolute atomic E-state index is 0.133. The van der Waals surface area contributed by atoms with Crippen molar-refractivity contribution in [3.63, 3.8) is 0 Å². The van der Waals surface area contributed by atoms with Gasteiger partial charge in [0, 0.05) is 30.9 Å². The molecule has 0 spiro atoms. The third-order valence-corrected chi connectivity index (χ3v) is 5.09. The van der Waals surface area contributed by atoms with Crippen LogP contribution >= 0.6 is 22.6 Å². The van der Waals surface area contributed by atoms with Gasteiger partial charge in [-0.05, 0) is 41.1 Å². The second-order valence-electron chi connectivity index (χ2n) is 6.45. The van der Waals surface area contributed by atoms with Crippen molar-refractivity contribution in [2.45, 2.75) is 16.0 Å². The number of hydrogen-bond acceptors (Lipinski definition) is 7. The highest BCUT2D eigenvalue weighted by atomic mass is 127. The lowest BCUT2D eigenvalue weighted by atomic mass is 10.3. The third-order valence-electron chi connectivity index (χ3n) is 4.17. The Morgan fingerprint density at radius 1 is 1.37 bits per heavy atom. The standard InChI is InChI=1S/C17H23IN8O/c18-17(24-16(27)23-13-4-2-1-3-5-13)10-21-15(8-14(20)25-22-11-17)26-7-6-12(19)9-26/h1-5,8,11-12,21H,6-7,9-10,19H2,(H2,20,25)(H2,23,24,27)/b15-8?,22-11-/t12-,17?/m0/s1. The molecule has 144 valence electrons.